The van der Waals surface area contributed by atoms with Gasteiger partial charge in [-0.2, -0.15) is 0 Å². The molecule has 0 aromatic rings. The van der Waals surface area contributed by atoms with E-state index in [-0.39, 0.29) is 100.0 Å². The molecule has 420 valence electrons. The van der Waals surface area contributed by atoms with Gasteiger partial charge in [0.2, 0.25) is 11.8 Å². The quantitative estimate of drug-likeness (QED) is 0.0160. The number of rotatable bonds is 49. The van der Waals surface area contributed by atoms with E-state index in [1.165, 1.54) is 44.9 Å². The first-order valence-electron chi connectivity index (χ1n) is 25.4. The smallest absolute Gasteiger partial charge is 0.320 e. The first kappa shape index (κ1) is 70.5. The van der Waals surface area contributed by atoms with Crippen LogP contribution in [0.2, 0.25) is 0 Å². The number of aliphatic carboxylic acids is 3. The van der Waals surface area contributed by atoms with Crippen LogP contribution in [0.15, 0.2) is 0 Å². The molecule has 1 aliphatic heterocycles. The van der Waals surface area contributed by atoms with Crippen LogP contribution >= 0.6 is 64.8 Å². The van der Waals surface area contributed by atoms with Gasteiger partial charge in [0.05, 0.1) is 49.1 Å². The van der Waals surface area contributed by atoms with Gasteiger partial charge in [-0.1, -0.05) is 155 Å². The molecule has 1 aliphatic rings. The molecule has 25 heteroatoms. The standard InChI is InChI=1S/C47H83N3O14S6.H3NO/c51-39(19-14-11-9-7-5-3-1-2-4-6-8-10-12-16-22-44(55)56)33-38(45(57)58)23-24-42(53)49-26-28-62-30-31-63-34-40(52)20-18-27-61-29-32-64-35-43(54)48-25-17-13-15-21-41(46(59)60)50-47-69-67-36-65-66-37-68-70-47;1-2/h38,41,47,50H,1-37H2,(H,48,54)(H,49,53)(H,55,56)(H,57,58)(H,59,60);2H,1H2/t38-,41+;/m1./s1. The van der Waals surface area contributed by atoms with Crippen LogP contribution in [-0.4, -0.2) is 149 Å². The van der Waals surface area contributed by atoms with Crippen molar-refractivity contribution >= 4 is 106 Å². The Morgan fingerprint density at radius 1 is 0.472 bits per heavy atom. The average molecular weight is 1140 g/mol. The third-order valence-electron chi connectivity index (χ3n) is 10.9. The minimum absolute atomic E-state index is 0.000486. The van der Waals surface area contributed by atoms with Crippen molar-refractivity contribution in [2.75, 3.05) is 76.1 Å². The Morgan fingerprint density at radius 2 is 0.972 bits per heavy atom. The van der Waals surface area contributed by atoms with E-state index in [1.807, 2.05) is 21.6 Å². The predicted molar refractivity (Wildman–Crippen MR) is 293 cm³/mol. The Labute approximate surface area is 451 Å². The number of hydrogen-bond acceptors (Lipinski definition) is 20. The summed E-state index contributed by atoms with van der Waals surface area (Å²) in [6.07, 6.45) is 19.5. The van der Waals surface area contributed by atoms with Gasteiger partial charge in [0.15, 0.2) is 5.78 Å². The lowest BCUT2D eigenvalue weighted by atomic mass is 9.94. The van der Waals surface area contributed by atoms with Gasteiger partial charge in [0.1, 0.15) is 29.7 Å². The maximum atomic E-state index is 12.5. The molecule has 0 saturated carbocycles. The summed E-state index contributed by atoms with van der Waals surface area (Å²) in [6.45, 7) is 2.16. The highest BCUT2D eigenvalue weighted by Crippen LogP contribution is 2.46. The maximum Gasteiger partial charge on any atom is 0.320 e. The molecule has 1 fully saturated rings. The lowest BCUT2D eigenvalue weighted by Gasteiger charge is -2.21. The van der Waals surface area contributed by atoms with Gasteiger partial charge in [-0.3, -0.25) is 38.9 Å². The number of carbonyl (C=O) groups is 7. The molecule has 1 heterocycles. The molecule has 0 spiro atoms. The molecule has 0 bridgehead atoms. The summed E-state index contributed by atoms with van der Waals surface area (Å²) in [6, 6.07) is -0.609. The highest BCUT2D eigenvalue weighted by atomic mass is 33.2. The molecule has 0 aliphatic carbocycles. The largest absolute Gasteiger partial charge is 0.481 e. The summed E-state index contributed by atoms with van der Waals surface area (Å²) in [4.78, 5) is 83.0. The number of amides is 2. The number of carbonyl (C=O) groups excluding carboxylic acids is 4. The fraction of sp³-hybridized carbons (Fsp3) is 0.851. The van der Waals surface area contributed by atoms with E-state index in [0.717, 1.165) is 74.4 Å². The van der Waals surface area contributed by atoms with Crippen molar-refractivity contribution in [2.24, 2.45) is 11.8 Å². The molecule has 0 aromatic carbocycles. The van der Waals surface area contributed by atoms with Crippen molar-refractivity contribution in [3.05, 3.63) is 0 Å². The highest BCUT2D eigenvalue weighted by molar-refractivity contribution is 8.92. The number of Topliss-reactive ketones (excluding diaryl/α,β-unsaturated/α-hetero) is 2. The second-order valence-electron chi connectivity index (χ2n) is 17.0. The van der Waals surface area contributed by atoms with Gasteiger partial charge in [0, 0.05) is 51.8 Å². The van der Waals surface area contributed by atoms with E-state index in [1.54, 1.807) is 43.2 Å². The van der Waals surface area contributed by atoms with Gasteiger partial charge in [-0.25, -0.2) is 5.90 Å². The molecule has 1 saturated heterocycles. The topological polar surface area (TPSA) is 299 Å². The van der Waals surface area contributed by atoms with E-state index < -0.39 is 29.9 Å². The van der Waals surface area contributed by atoms with Crippen molar-refractivity contribution in [3.63, 3.8) is 0 Å². The van der Waals surface area contributed by atoms with Crippen LogP contribution in [0, 0.1) is 5.92 Å². The molecule has 0 aromatic heterocycles. The Kier molecular flexibility index (Phi) is 51.8. The zero-order valence-electron chi connectivity index (χ0n) is 42.2. The van der Waals surface area contributed by atoms with Crippen LogP contribution < -0.4 is 21.8 Å². The SMILES string of the molecule is NO.O=C(O)CCCCCCCCCCCCCCCCC(=O)C[C@@H](CCC(=O)NCCOCCOCC(=O)CCCOCCOCC(=O)NCCCCC[C@H](NC1SSCSSCSS1)C(=O)O)C(=O)O. The molecule has 0 radical (unpaired) electrons. The summed E-state index contributed by atoms with van der Waals surface area (Å²) < 4.78 is 21.7. The van der Waals surface area contributed by atoms with E-state index >= 15 is 0 Å². The van der Waals surface area contributed by atoms with E-state index in [0.29, 0.717) is 45.4 Å². The van der Waals surface area contributed by atoms with Crippen molar-refractivity contribution in [1.29, 1.82) is 0 Å². The Bertz CT molecular complexity index is 1410. The lowest BCUT2D eigenvalue weighted by molar-refractivity contribution is -0.144. The zero-order valence-corrected chi connectivity index (χ0v) is 47.1. The van der Waals surface area contributed by atoms with Gasteiger partial charge < -0.3 is 50.1 Å². The number of ketones is 2. The van der Waals surface area contributed by atoms with Crippen molar-refractivity contribution < 1.29 is 73.0 Å². The third kappa shape index (κ3) is 48.2. The number of unbranched alkanes of at least 4 members (excludes halogenated alkanes) is 15. The molecular formula is C47H86N4O15S6. The first-order valence-corrected chi connectivity index (χ1v) is 32.6. The fourth-order valence-corrected chi connectivity index (χ4v) is 17.4. The first-order chi connectivity index (χ1) is 35.0. The molecule has 72 heavy (non-hydrogen) atoms. The summed E-state index contributed by atoms with van der Waals surface area (Å²) in [7, 11) is 10.4. The predicted octanol–water partition coefficient (Wildman–Crippen LogP) is 8.69. The number of hydrogen-bond donors (Lipinski definition) is 8. The van der Waals surface area contributed by atoms with Gasteiger partial charge in [-0.05, 0) is 38.5 Å². The number of nitrogens with two attached hydrogens (primary N) is 1. The van der Waals surface area contributed by atoms with Gasteiger partial charge in [0.25, 0.3) is 0 Å². The summed E-state index contributed by atoms with van der Waals surface area (Å²) in [5.74, 6) is -0.700. The second-order valence-corrected chi connectivity index (χ2v) is 25.4. The van der Waals surface area contributed by atoms with Crippen LogP contribution in [0.1, 0.15) is 161 Å². The maximum absolute atomic E-state index is 12.5. The van der Waals surface area contributed by atoms with E-state index in [9.17, 15) is 43.8 Å². The van der Waals surface area contributed by atoms with Gasteiger partial charge >= 0.3 is 17.9 Å². The minimum atomic E-state index is -1.07. The molecular weight excluding hydrogens is 1050 g/mol. The summed E-state index contributed by atoms with van der Waals surface area (Å²) in [5.41, 5.74) is 0. The van der Waals surface area contributed by atoms with Crippen LogP contribution in [0.5, 0.6) is 0 Å². The molecule has 2 amide bonds. The highest BCUT2D eigenvalue weighted by Gasteiger charge is 2.24. The van der Waals surface area contributed by atoms with Crippen LogP contribution in [-0.2, 0) is 52.5 Å². The second kappa shape index (κ2) is 52.9. The lowest BCUT2D eigenvalue weighted by Crippen LogP contribution is -2.40. The molecule has 19 nitrogen and oxygen atoms in total. The monoisotopic (exact) mass is 1140 g/mol. The molecule has 9 N–H and O–H groups in total. The van der Waals surface area contributed by atoms with Crippen molar-refractivity contribution in [3.8, 4) is 0 Å². The number of carboxylic acid groups (broad SMARTS) is 3. The molecule has 0 unspecified atom stereocenters. The Balaban J connectivity index is 0.0000249. The van der Waals surface area contributed by atoms with Crippen molar-refractivity contribution in [2.45, 2.75) is 171 Å². The molecule has 2 atom stereocenters. The summed E-state index contributed by atoms with van der Waals surface area (Å²) >= 11 is 0. The fourth-order valence-electron chi connectivity index (χ4n) is 7.03. The molecule has 1 rings (SSSR count). The van der Waals surface area contributed by atoms with Crippen LogP contribution in [0.4, 0.5) is 0 Å². The van der Waals surface area contributed by atoms with Crippen LogP contribution in [0.3, 0.4) is 0 Å². The van der Waals surface area contributed by atoms with Crippen molar-refractivity contribution in [1.82, 2.24) is 16.0 Å². The number of carboxylic acids is 3. The zero-order chi connectivity index (χ0) is 53.1. The van der Waals surface area contributed by atoms with E-state index in [2.05, 4.69) is 21.8 Å². The third-order valence-corrected chi connectivity index (χ3v) is 20.8. The number of ether oxygens (including phenoxy) is 4. The number of nitrogens with one attached hydrogen (secondary N) is 3. The van der Waals surface area contributed by atoms with E-state index in [4.69, 9.17) is 29.3 Å². The minimum Gasteiger partial charge on any atom is -0.481 e. The average Bonchev–Trinajstić information content (AvgIpc) is 3.49. The van der Waals surface area contributed by atoms with Gasteiger partial charge in [-0.15, -0.1) is 0 Å². The Morgan fingerprint density at radius 3 is 1.54 bits per heavy atom. The summed E-state index contributed by atoms with van der Waals surface area (Å²) in [5, 5.41) is 45.1. The Hall–Kier alpha value is -1.49. The van der Waals surface area contributed by atoms with Crippen LogP contribution in [0.25, 0.3) is 0 Å². The normalized spacial score (nSPS) is 13.9.